The molecule has 2 amide bonds. The Bertz CT molecular complexity index is 953. The molecule has 0 saturated heterocycles. The topological polar surface area (TPSA) is 49.4 Å². The minimum atomic E-state index is -0.659. The molecule has 1 unspecified atom stereocenters. The van der Waals surface area contributed by atoms with Crippen molar-refractivity contribution in [3.05, 3.63) is 93.7 Å². The Hall–Kier alpha value is -2.92. The van der Waals surface area contributed by atoms with Gasteiger partial charge in [0.05, 0.1) is 6.04 Å². The molecule has 2 atom stereocenters. The average molecular weight is 376 g/mol. The second-order valence-corrected chi connectivity index (χ2v) is 7.63. The molecule has 3 aromatic rings. The summed E-state index contributed by atoms with van der Waals surface area (Å²) in [7, 11) is 0. The fourth-order valence-corrected chi connectivity index (χ4v) is 4.23. The molecular weight excluding hydrogens is 356 g/mol. The standard InChI is InChI=1S/C22H20N2O2S/c1-15(19-12-7-13-27-19)23-21(25)20(16-8-3-2-4-9-16)24-14-17-10-5-6-11-18(17)22(24)26/h2-13,15,20H,14H2,1H3,(H,23,25)/t15?,20-/m1/s1. The van der Waals surface area contributed by atoms with E-state index in [0.717, 1.165) is 16.0 Å². The highest BCUT2D eigenvalue weighted by Gasteiger charge is 2.37. The minimum Gasteiger partial charge on any atom is -0.347 e. The normalized spacial score (nSPS) is 15.3. The number of thiophene rings is 1. The van der Waals surface area contributed by atoms with E-state index in [1.54, 1.807) is 16.2 Å². The van der Waals surface area contributed by atoms with E-state index in [1.165, 1.54) is 0 Å². The molecule has 0 spiro atoms. The first-order valence-corrected chi connectivity index (χ1v) is 9.80. The zero-order chi connectivity index (χ0) is 18.8. The first kappa shape index (κ1) is 17.5. The molecule has 27 heavy (non-hydrogen) atoms. The number of hydrogen-bond donors (Lipinski definition) is 1. The average Bonchev–Trinajstić information content (AvgIpc) is 3.33. The second-order valence-electron chi connectivity index (χ2n) is 6.65. The van der Waals surface area contributed by atoms with Crippen molar-refractivity contribution in [2.24, 2.45) is 0 Å². The number of rotatable bonds is 5. The molecule has 2 aromatic carbocycles. The predicted octanol–water partition coefficient (Wildman–Crippen LogP) is 4.32. The van der Waals surface area contributed by atoms with Crippen molar-refractivity contribution in [1.29, 1.82) is 0 Å². The highest BCUT2D eigenvalue weighted by atomic mass is 32.1. The molecule has 1 N–H and O–H groups in total. The fourth-order valence-electron chi connectivity index (χ4n) is 3.49. The van der Waals surface area contributed by atoms with Gasteiger partial charge < -0.3 is 10.2 Å². The number of fused-ring (bicyclic) bond motifs is 1. The van der Waals surface area contributed by atoms with E-state index in [0.29, 0.717) is 12.1 Å². The first-order chi connectivity index (χ1) is 13.1. The van der Waals surface area contributed by atoms with Crippen LogP contribution in [0.5, 0.6) is 0 Å². The number of nitrogens with one attached hydrogen (secondary N) is 1. The number of carbonyl (C=O) groups is 2. The maximum atomic E-state index is 13.2. The largest absolute Gasteiger partial charge is 0.347 e. The van der Waals surface area contributed by atoms with Crippen molar-refractivity contribution in [3.8, 4) is 0 Å². The van der Waals surface area contributed by atoms with Crippen LogP contribution in [0.3, 0.4) is 0 Å². The minimum absolute atomic E-state index is 0.0987. The van der Waals surface area contributed by atoms with Crippen LogP contribution in [-0.2, 0) is 11.3 Å². The molecule has 1 aromatic heterocycles. The molecule has 5 heteroatoms. The maximum absolute atomic E-state index is 13.2. The molecule has 0 fully saturated rings. The van der Waals surface area contributed by atoms with Crippen molar-refractivity contribution >= 4 is 23.2 Å². The Morgan fingerprint density at radius 3 is 2.48 bits per heavy atom. The van der Waals surface area contributed by atoms with E-state index in [9.17, 15) is 9.59 Å². The number of hydrogen-bond acceptors (Lipinski definition) is 3. The van der Waals surface area contributed by atoms with E-state index in [-0.39, 0.29) is 17.9 Å². The van der Waals surface area contributed by atoms with E-state index in [2.05, 4.69) is 5.32 Å². The summed E-state index contributed by atoms with van der Waals surface area (Å²) in [6.45, 7) is 2.40. The summed E-state index contributed by atoms with van der Waals surface area (Å²) in [4.78, 5) is 29.0. The molecule has 0 radical (unpaired) electrons. The summed E-state index contributed by atoms with van der Waals surface area (Å²) < 4.78 is 0. The Labute approximate surface area is 162 Å². The van der Waals surface area contributed by atoms with Gasteiger partial charge in [-0.3, -0.25) is 9.59 Å². The van der Waals surface area contributed by atoms with Gasteiger partial charge >= 0.3 is 0 Å². The third-order valence-electron chi connectivity index (χ3n) is 4.85. The zero-order valence-corrected chi connectivity index (χ0v) is 15.8. The quantitative estimate of drug-likeness (QED) is 0.721. The lowest BCUT2D eigenvalue weighted by Gasteiger charge is -2.28. The smallest absolute Gasteiger partial charge is 0.255 e. The van der Waals surface area contributed by atoms with Gasteiger partial charge in [0.25, 0.3) is 5.91 Å². The summed E-state index contributed by atoms with van der Waals surface area (Å²) in [6.07, 6.45) is 0. The summed E-state index contributed by atoms with van der Waals surface area (Å²) in [5, 5.41) is 5.08. The summed E-state index contributed by atoms with van der Waals surface area (Å²) in [5.41, 5.74) is 2.45. The number of carbonyl (C=O) groups excluding carboxylic acids is 2. The summed E-state index contributed by atoms with van der Waals surface area (Å²) in [5.74, 6) is -0.262. The Kier molecular flexibility index (Phi) is 4.77. The van der Waals surface area contributed by atoms with Gasteiger partial charge in [-0.05, 0) is 35.6 Å². The van der Waals surface area contributed by atoms with Crippen LogP contribution in [0.25, 0.3) is 0 Å². The Morgan fingerprint density at radius 1 is 1.04 bits per heavy atom. The number of amides is 2. The monoisotopic (exact) mass is 376 g/mol. The lowest BCUT2D eigenvalue weighted by Crippen LogP contribution is -2.41. The van der Waals surface area contributed by atoms with E-state index < -0.39 is 6.04 Å². The lowest BCUT2D eigenvalue weighted by atomic mass is 10.0. The first-order valence-electron chi connectivity index (χ1n) is 8.93. The maximum Gasteiger partial charge on any atom is 0.255 e. The molecule has 1 aliphatic heterocycles. The molecular formula is C22H20N2O2S. The van der Waals surface area contributed by atoms with Gasteiger partial charge in [0.15, 0.2) is 0 Å². The summed E-state index contributed by atoms with van der Waals surface area (Å²) >= 11 is 1.61. The Balaban J connectivity index is 1.64. The summed E-state index contributed by atoms with van der Waals surface area (Å²) in [6, 6.07) is 20.3. The highest BCUT2D eigenvalue weighted by Crippen LogP contribution is 2.32. The molecule has 4 nitrogen and oxygen atoms in total. The van der Waals surface area contributed by atoms with E-state index in [1.807, 2.05) is 79.0 Å². The van der Waals surface area contributed by atoms with Crippen LogP contribution in [0, 0.1) is 0 Å². The van der Waals surface area contributed by atoms with Crippen LogP contribution >= 0.6 is 11.3 Å². The van der Waals surface area contributed by atoms with Gasteiger partial charge in [-0.2, -0.15) is 0 Å². The van der Waals surface area contributed by atoms with Crippen molar-refractivity contribution in [1.82, 2.24) is 10.2 Å². The van der Waals surface area contributed by atoms with Crippen LogP contribution in [-0.4, -0.2) is 16.7 Å². The third kappa shape index (κ3) is 3.38. The van der Waals surface area contributed by atoms with Gasteiger partial charge in [-0.15, -0.1) is 11.3 Å². The van der Waals surface area contributed by atoms with E-state index in [4.69, 9.17) is 0 Å². The van der Waals surface area contributed by atoms with Crippen molar-refractivity contribution in [2.75, 3.05) is 0 Å². The van der Waals surface area contributed by atoms with Crippen LogP contribution in [0.4, 0.5) is 0 Å². The predicted molar refractivity (Wildman–Crippen MR) is 106 cm³/mol. The van der Waals surface area contributed by atoms with Crippen molar-refractivity contribution < 1.29 is 9.59 Å². The Morgan fingerprint density at radius 2 is 1.78 bits per heavy atom. The van der Waals surface area contributed by atoms with Gasteiger partial charge in [-0.1, -0.05) is 54.6 Å². The molecule has 0 saturated carbocycles. The molecule has 0 bridgehead atoms. The zero-order valence-electron chi connectivity index (χ0n) is 15.0. The molecule has 1 aliphatic rings. The molecule has 4 rings (SSSR count). The second kappa shape index (κ2) is 7.37. The van der Waals surface area contributed by atoms with Gasteiger partial charge in [0.2, 0.25) is 5.91 Å². The molecule has 0 aliphatic carbocycles. The van der Waals surface area contributed by atoms with E-state index >= 15 is 0 Å². The molecule has 136 valence electrons. The van der Waals surface area contributed by atoms with Crippen LogP contribution in [0.2, 0.25) is 0 Å². The van der Waals surface area contributed by atoms with Gasteiger partial charge in [0, 0.05) is 17.0 Å². The lowest BCUT2D eigenvalue weighted by molar-refractivity contribution is -0.126. The SMILES string of the molecule is CC(NC(=O)[C@@H](c1ccccc1)N1Cc2ccccc2C1=O)c1cccs1. The van der Waals surface area contributed by atoms with Gasteiger partial charge in [-0.25, -0.2) is 0 Å². The van der Waals surface area contributed by atoms with Crippen molar-refractivity contribution in [2.45, 2.75) is 25.6 Å². The third-order valence-corrected chi connectivity index (χ3v) is 5.91. The highest BCUT2D eigenvalue weighted by molar-refractivity contribution is 7.10. The van der Waals surface area contributed by atoms with Gasteiger partial charge in [0.1, 0.15) is 6.04 Å². The van der Waals surface area contributed by atoms with Crippen molar-refractivity contribution in [3.63, 3.8) is 0 Å². The fraction of sp³-hybridized carbons (Fsp3) is 0.182. The van der Waals surface area contributed by atoms with Crippen LogP contribution in [0.1, 0.15) is 45.4 Å². The van der Waals surface area contributed by atoms with Crippen LogP contribution in [0.15, 0.2) is 72.1 Å². The van der Waals surface area contributed by atoms with Crippen LogP contribution < -0.4 is 5.32 Å². The molecule has 2 heterocycles. The number of benzene rings is 2. The number of nitrogens with zero attached hydrogens (tertiary/aromatic N) is 1.